The molecule has 0 spiro atoms. The number of hydrogen-bond donors (Lipinski definition) is 3. The molecular formula is C15H23N3O2. The molecule has 1 aliphatic heterocycles. The maximum absolute atomic E-state index is 12.2. The third kappa shape index (κ3) is 3.48. The van der Waals surface area contributed by atoms with E-state index in [-0.39, 0.29) is 23.0 Å². The maximum atomic E-state index is 12.2. The van der Waals surface area contributed by atoms with Gasteiger partial charge in [-0.3, -0.25) is 9.59 Å². The monoisotopic (exact) mass is 277 g/mol. The smallest absolute Gasteiger partial charge is 0.267 e. The second-order valence-electron chi connectivity index (χ2n) is 6.92. The summed E-state index contributed by atoms with van der Waals surface area (Å²) in [4.78, 5) is 25.6. The number of aromatic amines is 1. The fraction of sp³-hybridized carbons (Fsp3) is 0.600. The predicted molar refractivity (Wildman–Crippen MR) is 78.0 cm³/mol. The minimum absolute atomic E-state index is 0.0105. The molecule has 1 aromatic heterocycles. The number of carbonyl (C=O) groups excluding carboxylic acids is 2. The number of piperidine rings is 1. The molecule has 2 rings (SSSR count). The summed E-state index contributed by atoms with van der Waals surface area (Å²) in [5.74, 6) is -0.156. The van der Waals surface area contributed by atoms with Crippen LogP contribution in [-0.4, -0.2) is 34.3 Å². The van der Waals surface area contributed by atoms with Gasteiger partial charge >= 0.3 is 0 Å². The fourth-order valence-electron chi connectivity index (χ4n) is 3.30. The lowest BCUT2D eigenvalue weighted by atomic mass is 9.79. The zero-order chi connectivity index (χ0) is 15.0. The van der Waals surface area contributed by atoms with Crippen molar-refractivity contribution in [3.05, 3.63) is 23.5 Å². The lowest BCUT2D eigenvalue weighted by molar-refractivity contribution is 0.0869. The average Bonchev–Trinajstić information content (AvgIpc) is 2.72. The van der Waals surface area contributed by atoms with E-state index in [9.17, 15) is 9.59 Å². The van der Waals surface area contributed by atoms with E-state index in [0.717, 1.165) is 12.8 Å². The lowest BCUT2D eigenvalue weighted by Crippen LogP contribution is -2.62. The van der Waals surface area contributed by atoms with Crippen LogP contribution in [0.2, 0.25) is 0 Å². The first-order valence-corrected chi connectivity index (χ1v) is 6.95. The van der Waals surface area contributed by atoms with E-state index in [1.807, 2.05) is 0 Å². The summed E-state index contributed by atoms with van der Waals surface area (Å²) in [6, 6.07) is 3.37. The number of amides is 1. The highest BCUT2D eigenvalue weighted by Crippen LogP contribution is 2.28. The van der Waals surface area contributed by atoms with E-state index in [0.29, 0.717) is 17.7 Å². The highest BCUT2D eigenvalue weighted by molar-refractivity contribution is 5.93. The van der Waals surface area contributed by atoms with Crippen LogP contribution in [0.5, 0.6) is 0 Å². The molecule has 0 aliphatic carbocycles. The topological polar surface area (TPSA) is 74.0 Å². The van der Waals surface area contributed by atoms with Crippen LogP contribution in [0.4, 0.5) is 0 Å². The van der Waals surface area contributed by atoms with Gasteiger partial charge in [-0.15, -0.1) is 0 Å². The summed E-state index contributed by atoms with van der Waals surface area (Å²) in [5, 5.41) is 6.64. The minimum Gasteiger partial charge on any atom is -0.348 e. The zero-order valence-corrected chi connectivity index (χ0v) is 12.5. The Hall–Kier alpha value is -1.62. The Labute approximate surface area is 119 Å². The van der Waals surface area contributed by atoms with Crippen molar-refractivity contribution in [3.8, 4) is 0 Å². The SMILES string of the molecule is CC1(C)CC(NC(=O)c2ccc(C=O)[nH]2)CC(C)(C)N1. The Kier molecular flexibility index (Phi) is 3.73. The van der Waals surface area contributed by atoms with Gasteiger partial charge < -0.3 is 15.6 Å². The summed E-state index contributed by atoms with van der Waals surface area (Å²) < 4.78 is 0. The van der Waals surface area contributed by atoms with E-state index >= 15 is 0 Å². The molecule has 110 valence electrons. The molecular weight excluding hydrogens is 254 g/mol. The molecule has 1 amide bonds. The van der Waals surface area contributed by atoms with Crippen LogP contribution >= 0.6 is 0 Å². The molecule has 0 atom stereocenters. The van der Waals surface area contributed by atoms with E-state index in [1.165, 1.54) is 0 Å². The Morgan fingerprint density at radius 2 is 1.85 bits per heavy atom. The first kappa shape index (κ1) is 14.8. The molecule has 1 aliphatic rings. The van der Waals surface area contributed by atoms with Gasteiger partial charge in [-0.2, -0.15) is 0 Å². The number of aromatic nitrogens is 1. The first-order chi connectivity index (χ1) is 9.21. The lowest BCUT2D eigenvalue weighted by Gasteiger charge is -2.46. The van der Waals surface area contributed by atoms with Crippen molar-refractivity contribution in [2.75, 3.05) is 0 Å². The molecule has 0 radical (unpaired) electrons. The average molecular weight is 277 g/mol. The van der Waals surface area contributed by atoms with E-state index in [1.54, 1.807) is 12.1 Å². The van der Waals surface area contributed by atoms with Gasteiger partial charge in [-0.05, 0) is 52.7 Å². The number of nitrogens with one attached hydrogen (secondary N) is 3. The number of aldehydes is 1. The molecule has 0 bridgehead atoms. The number of rotatable bonds is 3. The van der Waals surface area contributed by atoms with Crippen molar-refractivity contribution >= 4 is 12.2 Å². The van der Waals surface area contributed by atoms with Crippen molar-refractivity contribution < 1.29 is 9.59 Å². The van der Waals surface area contributed by atoms with Crippen LogP contribution in [0, 0.1) is 0 Å². The summed E-state index contributed by atoms with van der Waals surface area (Å²) in [7, 11) is 0. The van der Waals surface area contributed by atoms with Gasteiger partial charge in [0.25, 0.3) is 5.91 Å². The molecule has 0 saturated carbocycles. The Balaban J connectivity index is 2.05. The Morgan fingerprint density at radius 1 is 1.25 bits per heavy atom. The number of hydrogen-bond acceptors (Lipinski definition) is 3. The molecule has 0 aromatic carbocycles. The molecule has 1 saturated heterocycles. The standard InChI is InChI=1S/C15H23N3O2/c1-14(2)7-11(8-15(3,4)18-14)17-13(20)12-6-5-10(9-19)16-12/h5-6,9,11,16,18H,7-8H2,1-4H3,(H,17,20). The van der Waals surface area contributed by atoms with E-state index in [4.69, 9.17) is 0 Å². The molecule has 5 nitrogen and oxygen atoms in total. The van der Waals surface area contributed by atoms with Crippen molar-refractivity contribution in [1.29, 1.82) is 0 Å². The Bertz CT molecular complexity index is 501. The van der Waals surface area contributed by atoms with Crippen LogP contribution in [0.3, 0.4) is 0 Å². The van der Waals surface area contributed by atoms with Gasteiger partial charge in [0, 0.05) is 17.1 Å². The van der Waals surface area contributed by atoms with Gasteiger partial charge in [0.1, 0.15) is 5.69 Å². The largest absolute Gasteiger partial charge is 0.348 e. The van der Waals surface area contributed by atoms with Gasteiger partial charge in [0.05, 0.1) is 5.69 Å². The van der Waals surface area contributed by atoms with Crippen molar-refractivity contribution in [2.45, 2.75) is 57.7 Å². The van der Waals surface area contributed by atoms with E-state index < -0.39 is 0 Å². The van der Waals surface area contributed by atoms with Crippen LogP contribution < -0.4 is 10.6 Å². The highest BCUT2D eigenvalue weighted by atomic mass is 16.2. The zero-order valence-electron chi connectivity index (χ0n) is 12.5. The number of H-pyrrole nitrogens is 1. The summed E-state index contributed by atoms with van der Waals surface area (Å²) >= 11 is 0. The first-order valence-electron chi connectivity index (χ1n) is 6.95. The second-order valence-corrected chi connectivity index (χ2v) is 6.92. The van der Waals surface area contributed by atoms with Gasteiger partial charge in [-0.1, -0.05) is 0 Å². The summed E-state index contributed by atoms with van der Waals surface area (Å²) in [6.45, 7) is 8.58. The van der Waals surface area contributed by atoms with Crippen LogP contribution in [0.25, 0.3) is 0 Å². The molecule has 5 heteroatoms. The molecule has 1 fully saturated rings. The van der Waals surface area contributed by atoms with Gasteiger partial charge in [0.2, 0.25) is 0 Å². The van der Waals surface area contributed by atoms with Crippen molar-refractivity contribution in [3.63, 3.8) is 0 Å². The van der Waals surface area contributed by atoms with Crippen LogP contribution in [0.1, 0.15) is 61.5 Å². The predicted octanol–water partition coefficient (Wildman–Crippen LogP) is 1.87. The molecule has 2 heterocycles. The van der Waals surface area contributed by atoms with Crippen molar-refractivity contribution in [1.82, 2.24) is 15.6 Å². The molecule has 0 unspecified atom stereocenters. The van der Waals surface area contributed by atoms with Crippen LogP contribution in [-0.2, 0) is 0 Å². The van der Waals surface area contributed by atoms with Crippen LogP contribution in [0.15, 0.2) is 12.1 Å². The summed E-state index contributed by atoms with van der Waals surface area (Å²) in [6.07, 6.45) is 2.46. The third-order valence-electron chi connectivity index (χ3n) is 3.61. The molecule has 3 N–H and O–H groups in total. The molecule has 1 aromatic rings. The molecule has 20 heavy (non-hydrogen) atoms. The van der Waals surface area contributed by atoms with E-state index in [2.05, 4.69) is 43.3 Å². The minimum atomic E-state index is -0.156. The quantitative estimate of drug-likeness (QED) is 0.738. The number of carbonyl (C=O) groups is 2. The maximum Gasteiger partial charge on any atom is 0.267 e. The van der Waals surface area contributed by atoms with Crippen molar-refractivity contribution in [2.24, 2.45) is 0 Å². The highest BCUT2D eigenvalue weighted by Gasteiger charge is 2.38. The van der Waals surface area contributed by atoms with Gasteiger partial charge in [-0.25, -0.2) is 0 Å². The second kappa shape index (κ2) is 5.05. The normalized spacial score (nSPS) is 21.4. The fourth-order valence-corrected chi connectivity index (χ4v) is 3.30. The summed E-state index contributed by atoms with van der Waals surface area (Å²) in [5.41, 5.74) is 0.828. The van der Waals surface area contributed by atoms with Gasteiger partial charge in [0.15, 0.2) is 6.29 Å². The Morgan fingerprint density at radius 3 is 2.35 bits per heavy atom. The third-order valence-corrected chi connectivity index (χ3v) is 3.61.